The number of rotatable bonds is 5. The van der Waals surface area contributed by atoms with Crippen molar-refractivity contribution in [1.29, 1.82) is 0 Å². The summed E-state index contributed by atoms with van der Waals surface area (Å²) >= 11 is 1.49. The van der Waals surface area contributed by atoms with Crippen LogP contribution in [-0.4, -0.2) is 47.5 Å². The minimum atomic E-state index is -0.366. The molecule has 1 aromatic heterocycles. The molecule has 0 spiro atoms. The van der Waals surface area contributed by atoms with E-state index in [0.717, 1.165) is 52.8 Å². The summed E-state index contributed by atoms with van der Waals surface area (Å²) in [5.74, 6) is -0.147. The first kappa shape index (κ1) is 20.1. The van der Waals surface area contributed by atoms with Crippen LogP contribution < -0.4 is 10.6 Å². The van der Waals surface area contributed by atoms with Gasteiger partial charge in [0.1, 0.15) is 6.10 Å². The summed E-state index contributed by atoms with van der Waals surface area (Å²) in [4.78, 5) is 32.8. The first-order valence-corrected chi connectivity index (χ1v) is 11.4. The molecule has 3 heterocycles. The van der Waals surface area contributed by atoms with Crippen LogP contribution in [0.5, 0.6) is 0 Å². The molecule has 2 amide bonds. The maximum absolute atomic E-state index is 12.7. The molecular formula is C23H24N4O3S. The van der Waals surface area contributed by atoms with E-state index >= 15 is 0 Å². The highest BCUT2D eigenvalue weighted by Gasteiger charge is 2.26. The van der Waals surface area contributed by atoms with Gasteiger partial charge in [0, 0.05) is 42.1 Å². The molecule has 3 aromatic rings. The highest BCUT2D eigenvalue weighted by molar-refractivity contribution is 7.15. The van der Waals surface area contributed by atoms with Gasteiger partial charge in [-0.25, -0.2) is 4.98 Å². The maximum atomic E-state index is 12.7. The molecule has 0 bridgehead atoms. The molecule has 0 saturated carbocycles. The molecule has 160 valence electrons. The van der Waals surface area contributed by atoms with E-state index in [1.54, 1.807) is 0 Å². The lowest BCUT2D eigenvalue weighted by Crippen LogP contribution is -2.36. The summed E-state index contributed by atoms with van der Waals surface area (Å²) in [5.41, 5.74) is 1.84. The van der Waals surface area contributed by atoms with Crippen molar-refractivity contribution >= 4 is 44.7 Å². The first-order chi connectivity index (χ1) is 15.2. The number of hydrogen-bond donors (Lipinski definition) is 2. The predicted molar refractivity (Wildman–Crippen MR) is 121 cm³/mol. The summed E-state index contributed by atoms with van der Waals surface area (Å²) in [6.45, 7) is 2.38. The largest absolute Gasteiger partial charge is 0.368 e. The number of benzene rings is 2. The normalized spacial score (nSPS) is 18.6. The third-order valence-corrected chi connectivity index (χ3v) is 6.69. The second-order valence-corrected chi connectivity index (χ2v) is 9.00. The van der Waals surface area contributed by atoms with Gasteiger partial charge in [-0.3, -0.25) is 19.8 Å². The van der Waals surface area contributed by atoms with Crippen molar-refractivity contribution in [3.05, 3.63) is 53.0 Å². The molecule has 1 atom stereocenters. The number of hydrogen-bond acceptors (Lipinski definition) is 6. The number of fused-ring (bicyclic) bond motifs is 2. The van der Waals surface area contributed by atoms with E-state index in [-0.39, 0.29) is 17.9 Å². The summed E-state index contributed by atoms with van der Waals surface area (Å²) in [6.07, 6.45) is 2.08. The van der Waals surface area contributed by atoms with E-state index in [1.165, 1.54) is 11.3 Å². The van der Waals surface area contributed by atoms with Gasteiger partial charge in [0.25, 0.3) is 5.91 Å². The molecule has 2 aliphatic rings. The van der Waals surface area contributed by atoms with E-state index in [4.69, 9.17) is 4.74 Å². The number of anilines is 2. The molecule has 1 unspecified atom stereocenters. The van der Waals surface area contributed by atoms with Crippen LogP contribution >= 0.6 is 11.3 Å². The van der Waals surface area contributed by atoms with E-state index in [1.807, 2.05) is 42.5 Å². The molecular weight excluding hydrogens is 412 g/mol. The van der Waals surface area contributed by atoms with Crippen molar-refractivity contribution in [3.8, 4) is 0 Å². The first-order valence-electron chi connectivity index (χ1n) is 10.6. The van der Waals surface area contributed by atoms with Crippen LogP contribution in [0.15, 0.2) is 42.5 Å². The number of carbonyl (C=O) groups excluding carboxylic acids is 2. The third kappa shape index (κ3) is 4.46. The number of nitrogens with zero attached hydrogens (tertiary/aromatic N) is 2. The molecule has 1 fully saturated rings. The van der Waals surface area contributed by atoms with Crippen molar-refractivity contribution in [2.24, 2.45) is 0 Å². The van der Waals surface area contributed by atoms with Crippen molar-refractivity contribution in [1.82, 2.24) is 9.88 Å². The second-order valence-electron chi connectivity index (χ2n) is 7.92. The Bertz CT molecular complexity index is 1120. The number of thiazole rings is 1. The molecule has 5 rings (SSSR count). The third-order valence-electron chi connectivity index (χ3n) is 5.69. The van der Waals surface area contributed by atoms with Gasteiger partial charge in [0.05, 0.1) is 12.2 Å². The Labute approximate surface area is 184 Å². The summed E-state index contributed by atoms with van der Waals surface area (Å²) in [5, 5.41) is 8.70. The number of aromatic nitrogens is 1. The van der Waals surface area contributed by atoms with Crippen LogP contribution in [0.4, 0.5) is 10.8 Å². The number of amides is 2. The quantitative estimate of drug-likeness (QED) is 0.640. The van der Waals surface area contributed by atoms with Crippen LogP contribution in [-0.2, 0) is 27.3 Å². The zero-order chi connectivity index (χ0) is 21.2. The average Bonchev–Trinajstić information content (AvgIpc) is 3.43. The molecule has 8 heteroatoms. The summed E-state index contributed by atoms with van der Waals surface area (Å²) < 4.78 is 5.44. The minimum Gasteiger partial charge on any atom is -0.368 e. The van der Waals surface area contributed by atoms with E-state index < -0.39 is 0 Å². The van der Waals surface area contributed by atoms with Gasteiger partial charge in [-0.1, -0.05) is 36.4 Å². The lowest BCUT2D eigenvalue weighted by atomic mass is 10.1. The predicted octanol–water partition coefficient (Wildman–Crippen LogP) is 3.41. The zero-order valence-corrected chi connectivity index (χ0v) is 17.9. The lowest BCUT2D eigenvalue weighted by Gasteiger charge is -2.25. The number of ether oxygens (including phenoxy) is 1. The van der Waals surface area contributed by atoms with Crippen molar-refractivity contribution in [2.45, 2.75) is 31.9 Å². The number of carbonyl (C=O) groups is 2. The molecule has 0 aliphatic carbocycles. The molecule has 7 nitrogen and oxygen atoms in total. The highest BCUT2D eigenvalue weighted by atomic mass is 32.1. The van der Waals surface area contributed by atoms with Gasteiger partial charge in [-0.15, -0.1) is 11.3 Å². The molecule has 2 aliphatic heterocycles. The van der Waals surface area contributed by atoms with E-state index in [0.29, 0.717) is 24.8 Å². The van der Waals surface area contributed by atoms with Gasteiger partial charge in [-0.2, -0.15) is 0 Å². The monoisotopic (exact) mass is 436 g/mol. The van der Waals surface area contributed by atoms with Crippen molar-refractivity contribution in [2.75, 3.05) is 30.3 Å². The standard InChI is InChI=1S/C23H24N4O3S/c28-21(24-17-8-3-6-15-5-1-2-7-16(15)17)14-27-11-10-18-20(13-27)31-23(25-18)26-22(29)19-9-4-12-30-19/h1-3,5-8,19H,4,9-14H2,(H,24,28)(H,25,26,29). The topological polar surface area (TPSA) is 83.6 Å². The Morgan fingerprint density at radius 2 is 2.03 bits per heavy atom. The molecule has 2 aromatic carbocycles. The SMILES string of the molecule is O=C(CN1CCc2nc(NC(=O)C3CCCO3)sc2C1)Nc1cccc2ccccc12. The molecule has 31 heavy (non-hydrogen) atoms. The van der Waals surface area contributed by atoms with Gasteiger partial charge in [0.15, 0.2) is 5.13 Å². The van der Waals surface area contributed by atoms with Crippen molar-refractivity contribution in [3.63, 3.8) is 0 Å². The van der Waals surface area contributed by atoms with E-state index in [2.05, 4.69) is 20.5 Å². The fourth-order valence-corrected chi connectivity index (χ4v) is 5.19. The van der Waals surface area contributed by atoms with E-state index in [9.17, 15) is 9.59 Å². The van der Waals surface area contributed by atoms with Crippen LogP contribution in [0.3, 0.4) is 0 Å². The summed E-state index contributed by atoms with van der Waals surface area (Å²) in [7, 11) is 0. The highest BCUT2D eigenvalue weighted by Crippen LogP contribution is 2.29. The average molecular weight is 437 g/mol. The van der Waals surface area contributed by atoms with Gasteiger partial charge < -0.3 is 10.1 Å². The Hall–Kier alpha value is -2.81. The van der Waals surface area contributed by atoms with Crippen LogP contribution in [0, 0.1) is 0 Å². The smallest absolute Gasteiger partial charge is 0.255 e. The van der Waals surface area contributed by atoms with Gasteiger partial charge >= 0.3 is 0 Å². The van der Waals surface area contributed by atoms with Crippen molar-refractivity contribution < 1.29 is 14.3 Å². The van der Waals surface area contributed by atoms with Crippen LogP contribution in [0.25, 0.3) is 10.8 Å². The maximum Gasteiger partial charge on any atom is 0.255 e. The second kappa shape index (κ2) is 8.74. The molecule has 0 radical (unpaired) electrons. The summed E-state index contributed by atoms with van der Waals surface area (Å²) in [6, 6.07) is 13.9. The molecule has 1 saturated heterocycles. The Kier molecular flexibility index (Phi) is 5.67. The van der Waals surface area contributed by atoms with Crippen LogP contribution in [0.1, 0.15) is 23.4 Å². The van der Waals surface area contributed by atoms with Gasteiger partial charge in [0.2, 0.25) is 5.91 Å². The number of nitrogens with one attached hydrogen (secondary N) is 2. The fourth-order valence-electron chi connectivity index (χ4n) is 4.13. The minimum absolute atomic E-state index is 0.0313. The van der Waals surface area contributed by atoms with Crippen LogP contribution in [0.2, 0.25) is 0 Å². The Morgan fingerprint density at radius 1 is 1.16 bits per heavy atom. The fraction of sp³-hybridized carbons (Fsp3) is 0.348. The Morgan fingerprint density at radius 3 is 2.90 bits per heavy atom. The van der Waals surface area contributed by atoms with Gasteiger partial charge in [-0.05, 0) is 24.3 Å². The molecule has 2 N–H and O–H groups in total. The Balaban J connectivity index is 1.20. The zero-order valence-electron chi connectivity index (χ0n) is 17.1. The lowest BCUT2D eigenvalue weighted by molar-refractivity contribution is -0.124.